The minimum Gasteiger partial charge on any atom is -0.465 e. The maximum absolute atomic E-state index is 13.2. The number of thiophene rings is 1. The number of hydrogen-bond donors (Lipinski definition) is 1. The first-order chi connectivity index (χ1) is 16.1. The van der Waals surface area contributed by atoms with Gasteiger partial charge in [-0.15, -0.1) is 11.3 Å². The molecule has 0 spiro atoms. The first-order valence-electron chi connectivity index (χ1n) is 10.2. The highest BCUT2D eigenvalue weighted by molar-refractivity contribution is 7.14. The average Bonchev–Trinajstić information content (AvgIpc) is 3.58. The molecule has 4 aromatic rings. The molecule has 3 heterocycles. The number of rotatable bonds is 5. The van der Waals surface area contributed by atoms with Gasteiger partial charge in [0.1, 0.15) is 16.8 Å². The minimum absolute atomic E-state index is 0.369. The van der Waals surface area contributed by atoms with Crippen LogP contribution in [0.25, 0.3) is 22.6 Å². The van der Waals surface area contributed by atoms with Crippen molar-refractivity contribution in [3.05, 3.63) is 82.3 Å². The van der Waals surface area contributed by atoms with Crippen molar-refractivity contribution >= 4 is 50.8 Å². The molecule has 0 saturated heterocycles. The normalized spacial score (nSPS) is 13.6. The third-order valence-electron chi connectivity index (χ3n) is 5.38. The molecule has 7 nitrogen and oxygen atoms in total. The van der Waals surface area contributed by atoms with Crippen LogP contribution in [0.5, 0.6) is 0 Å². The van der Waals surface area contributed by atoms with Crippen LogP contribution < -0.4 is 5.32 Å². The standard InChI is InChI=1S/C25H17N3O4S/c26-13-16-9-11-33-24(16)28-21(29)14-32-25(30)22-18-5-1-2-6-20(18)27-23-15(7-8-19(22)23)12-17-4-3-10-31-17/h1-6,9-12H,7-8,14H2,(H,28,29)/b15-12+. The number of nitrogens with zero attached hydrogens (tertiary/aromatic N) is 2. The minimum atomic E-state index is -0.578. The number of nitriles is 1. The fourth-order valence-corrected chi connectivity index (χ4v) is 4.67. The number of aromatic nitrogens is 1. The first kappa shape index (κ1) is 20.7. The SMILES string of the molecule is N#Cc1ccsc1NC(=O)COC(=O)c1c2c(nc3ccccc13)/C(=C/c1ccco1)CC2. The molecule has 5 rings (SSSR count). The van der Waals surface area contributed by atoms with Gasteiger partial charge in [0.05, 0.1) is 28.6 Å². The number of esters is 1. The fraction of sp³-hybridized carbons (Fsp3) is 0.120. The summed E-state index contributed by atoms with van der Waals surface area (Å²) in [6.45, 7) is -0.456. The van der Waals surface area contributed by atoms with Crippen LogP contribution in [0, 0.1) is 11.3 Å². The fourth-order valence-electron chi connectivity index (χ4n) is 3.92. The number of allylic oxidation sites excluding steroid dienone is 1. The number of nitrogens with one attached hydrogen (secondary N) is 1. The van der Waals surface area contributed by atoms with Crippen LogP contribution in [-0.4, -0.2) is 23.5 Å². The number of pyridine rings is 1. The molecule has 1 aromatic carbocycles. The quantitative estimate of drug-likeness (QED) is 0.423. The maximum Gasteiger partial charge on any atom is 0.339 e. The monoisotopic (exact) mass is 455 g/mol. The Morgan fingerprint density at radius 3 is 2.91 bits per heavy atom. The number of hydrogen-bond acceptors (Lipinski definition) is 7. The Morgan fingerprint density at radius 2 is 2.09 bits per heavy atom. The van der Waals surface area contributed by atoms with Crippen molar-refractivity contribution < 1.29 is 18.7 Å². The largest absolute Gasteiger partial charge is 0.465 e. The Kier molecular flexibility index (Phi) is 5.47. The van der Waals surface area contributed by atoms with Crippen LogP contribution in [0.4, 0.5) is 5.00 Å². The van der Waals surface area contributed by atoms with Gasteiger partial charge in [-0.05, 0) is 59.7 Å². The zero-order valence-corrected chi connectivity index (χ0v) is 18.1. The van der Waals surface area contributed by atoms with E-state index in [1.165, 1.54) is 11.3 Å². The van der Waals surface area contributed by atoms with E-state index in [2.05, 4.69) is 5.32 Å². The predicted octanol–water partition coefficient (Wildman–Crippen LogP) is 5.04. The Labute approximate surface area is 192 Å². The predicted molar refractivity (Wildman–Crippen MR) is 125 cm³/mol. The van der Waals surface area contributed by atoms with Gasteiger partial charge < -0.3 is 14.5 Å². The number of ether oxygens (including phenoxy) is 1. The molecule has 1 N–H and O–H groups in total. The average molecular weight is 455 g/mol. The van der Waals surface area contributed by atoms with Crippen LogP contribution in [0.3, 0.4) is 0 Å². The third kappa shape index (κ3) is 4.02. The molecule has 0 radical (unpaired) electrons. The van der Waals surface area contributed by atoms with Crippen LogP contribution in [0.15, 0.2) is 58.5 Å². The lowest BCUT2D eigenvalue weighted by Gasteiger charge is -2.12. The van der Waals surface area contributed by atoms with Gasteiger partial charge in [0.2, 0.25) is 0 Å². The van der Waals surface area contributed by atoms with Gasteiger partial charge in [0, 0.05) is 5.39 Å². The third-order valence-corrected chi connectivity index (χ3v) is 6.21. The molecule has 3 aromatic heterocycles. The first-order valence-corrected chi connectivity index (χ1v) is 11.1. The number of amides is 1. The summed E-state index contributed by atoms with van der Waals surface area (Å²) >= 11 is 1.24. The summed E-state index contributed by atoms with van der Waals surface area (Å²) in [5.74, 6) is -0.361. The van der Waals surface area contributed by atoms with E-state index < -0.39 is 18.5 Å². The summed E-state index contributed by atoms with van der Waals surface area (Å²) in [6, 6.07) is 14.7. The Hall–Kier alpha value is -4.22. The molecule has 162 valence electrons. The highest BCUT2D eigenvalue weighted by Gasteiger charge is 2.28. The number of furan rings is 1. The lowest BCUT2D eigenvalue weighted by molar-refractivity contribution is -0.119. The molecular formula is C25H17N3O4S. The molecule has 1 aliphatic carbocycles. The van der Waals surface area contributed by atoms with Gasteiger partial charge in [-0.3, -0.25) is 4.79 Å². The zero-order chi connectivity index (χ0) is 22.8. The Bertz CT molecular complexity index is 1440. The highest BCUT2D eigenvalue weighted by Crippen LogP contribution is 2.37. The highest BCUT2D eigenvalue weighted by atomic mass is 32.1. The number of para-hydroxylation sites is 1. The van der Waals surface area contributed by atoms with E-state index in [0.717, 1.165) is 29.0 Å². The number of carbonyl (C=O) groups is 2. The maximum atomic E-state index is 13.2. The van der Waals surface area contributed by atoms with E-state index in [4.69, 9.17) is 19.4 Å². The van der Waals surface area contributed by atoms with Crippen molar-refractivity contribution in [1.29, 1.82) is 5.26 Å². The van der Waals surface area contributed by atoms with E-state index in [1.54, 1.807) is 17.7 Å². The van der Waals surface area contributed by atoms with Crippen LogP contribution in [0.2, 0.25) is 0 Å². The van der Waals surface area contributed by atoms with Gasteiger partial charge >= 0.3 is 5.97 Å². The Balaban J connectivity index is 1.43. The Morgan fingerprint density at radius 1 is 1.21 bits per heavy atom. The summed E-state index contributed by atoms with van der Waals surface area (Å²) in [7, 11) is 0. The van der Waals surface area contributed by atoms with E-state index in [0.29, 0.717) is 33.5 Å². The molecular weight excluding hydrogens is 438 g/mol. The summed E-state index contributed by atoms with van der Waals surface area (Å²) < 4.78 is 10.8. The van der Waals surface area contributed by atoms with Gasteiger partial charge in [0.15, 0.2) is 6.61 Å². The second kappa shape index (κ2) is 8.73. The van der Waals surface area contributed by atoms with Crippen molar-refractivity contribution in [3.63, 3.8) is 0 Å². The molecule has 0 saturated carbocycles. The van der Waals surface area contributed by atoms with Crippen molar-refractivity contribution in [2.24, 2.45) is 0 Å². The van der Waals surface area contributed by atoms with E-state index in [9.17, 15) is 9.59 Å². The van der Waals surface area contributed by atoms with Gasteiger partial charge in [0.25, 0.3) is 5.91 Å². The van der Waals surface area contributed by atoms with Crippen LogP contribution >= 0.6 is 11.3 Å². The second-order valence-corrected chi connectivity index (χ2v) is 8.33. The molecule has 0 aliphatic heterocycles. The molecule has 0 fully saturated rings. The number of carbonyl (C=O) groups excluding carboxylic acids is 2. The summed E-state index contributed by atoms with van der Waals surface area (Å²) in [4.78, 5) is 30.3. The van der Waals surface area contributed by atoms with Crippen LogP contribution in [0.1, 0.15) is 39.4 Å². The molecule has 0 bridgehead atoms. The summed E-state index contributed by atoms with van der Waals surface area (Å²) in [5.41, 5.74) is 4.02. The van der Waals surface area contributed by atoms with E-state index >= 15 is 0 Å². The van der Waals surface area contributed by atoms with Gasteiger partial charge in [-0.25, -0.2) is 9.78 Å². The van der Waals surface area contributed by atoms with E-state index in [1.807, 2.05) is 48.5 Å². The molecule has 0 atom stereocenters. The molecule has 0 unspecified atom stereocenters. The summed E-state index contributed by atoms with van der Waals surface area (Å²) in [5, 5.41) is 14.5. The lowest BCUT2D eigenvalue weighted by Crippen LogP contribution is -2.21. The molecule has 1 amide bonds. The molecule has 1 aliphatic rings. The number of anilines is 1. The zero-order valence-electron chi connectivity index (χ0n) is 17.3. The topological polar surface area (TPSA) is 105 Å². The lowest BCUT2D eigenvalue weighted by atomic mass is 10.0. The second-order valence-electron chi connectivity index (χ2n) is 7.42. The number of fused-ring (bicyclic) bond motifs is 2. The number of benzene rings is 1. The van der Waals surface area contributed by atoms with Crippen molar-refractivity contribution in [2.45, 2.75) is 12.8 Å². The smallest absolute Gasteiger partial charge is 0.339 e. The van der Waals surface area contributed by atoms with Crippen LogP contribution in [-0.2, 0) is 16.0 Å². The van der Waals surface area contributed by atoms with Crippen molar-refractivity contribution in [2.75, 3.05) is 11.9 Å². The molecule has 8 heteroatoms. The molecule has 33 heavy (non-hydrogen) atoms. The van der Waals surface area contributed by atoms with Gasteiger partial charge in [-0.1, -0.05) is 18.2 Å². The summed E-state index contributed by atoms with van der Waals surface area (Å²) in [6.07, 6.45) is 4.90. The van der Waals surface area contributed by atoms with E-state index in [-0.39, 0.29) is 0 Å². The van der Waals surface area contributed by atoms with Gasteiger partial charge in [-0.2, -0.15) is 5.26 Å². The van der Waals surface area contributed by atoms with Crippen molar-refractivity contribution in [3.8, 4) is 6.07 Å². The van der Waals surface area contributed by atoms with Crippen molar-refractivity contribution in [1.82, 2.24) is 4.98 Å².